The van der Waals surface area contributed by atoms with Gasteiger partial charge in [-0.2, -0.15) is 0 Å². The summed E-state index contributed by atoms with van der Waals surface area (Å²) < 4.78 is 11.1. The summed E-state index contributed by atoms with van der Waals surface area (Å²) in [5.41, 5.74) is 1.03. The smallest absolute Gasteiger partial charge is 0.342 e. The highest BCUT2D eigenvalue weighted by molar-refractivity contribution is 5.93. The lowest BCUT2D eigenvalue weighted by Crippen LogP contribution is -2.24. The molecule has 0 saturated heterocycles. The van der Waals surface area contributed by atoms with Crippen LogP contribution in [0.2, 0.25) is 0 Å². The molecular weight excluding hydrogens is 240 g/mol. The fraction of sp³-hybridized carbons (Fsp3) is 0.562. The summed E-state index contributed by atoms with van der Waals surface area (Å²) in [5.74, 6) is 0.608. The van der Waals surface area contributed by atoms with Crippen molar-refractivity contribution in [3.8, 4) is 5.75 Å². The zero-order valence-electron chi connectivity index (χ0n) is 12.7. The Hall–Kier alpha value is -1.51. The highest BCUT2D eigenvalue weighted by Gasteiger charge is 2.23. The maximum Gasteiger partial charge on any atom is 0.342 e. The lowest BCUT2D eigenvalue weighted by molar-refractivity contribution is 0.00658. The molecule has 1 aromatic carbocycles. The Morgan fingerprint density at radius 3 is 2.37 bits per heavy atom. The molecule has 0 amide bonds. The number of carbonyl (C=O) groups is 1. The molecule has 3 heteroatoms. The van der Waals surface area contributed by atoms with Gasteiger partial charge in [-0.25, -0.2) is 4.79 Å². The van der Waals surface area contributed by atoms with Crippen LogP contribution in [0.1, 0.15) is 63.4 Å². The molecule has 19 heavy (non-hydrogen) atoms. The third-order valence-electron chi connectivity index (χ3n) is 2.57. The Labute approximate surface area is 115 Å². The molecule has 106 valence electrons. The molecule has 1 aromatic rings. The maximum atomic E-state index is 12.2. The fourth-order valence-electron chi connectivity index (χ4n) is 1.81. The lowest BCUT2D eigenvalue weighted by atomic mass is 9.99. The number of para-hydroxylation sites is 1. The average molecular weight is 264 g/mol. The van der Waals surface area contributed by atoms with E-state index in [2.05, 4.69) is 13.8 Å². The Bertz CT molecular complexity index is 442. The number of rotatable bonds is 4. The highest BCUT2D eigenvalue weighted by atomic mass is 16.6. The first-order valence-corrected chi connectivity index (χ1v) is 6.75. The van der Waals surface area contributed by atoms with Crippen LogP contribution in [0.4, 0.5) is 0 Å². The molecule has 0 aromatic heterocycles. The van der Waals surface area contributed by atoms with Gasteiger partial charge in [0.15, 0.2) is 0 Å². The average Bonchev–Trinajstić information content (AvgIpc) is 2.26. The predicted octanol–water partition coefficient (Wildman–Crippen LogP) is 4.16. The molecule has 0 aliphatic heterocycles. The number of hydrogen-bond acceptors (Lipinski definition) is 3. The van der Waals surface area contributed by atoms with Crippen LogP contribution in [0.25, 0.3) is 0 Å². The number of ether oxygens (including phenoxy) is 2. The van der Waals surface area contributed by atoms with Crippen molar-refractivity contribution in [3.63, 3.8) is 0 Å². The van der Waals surface area contributed by atoms with E-state index in [1.807, 2.05) is 39.8 Å². The summed E-state index contributed by atoms with van der Waals surface area (Å²) in [6.45, 7) is 12.2. The normalized spacial score (nSPS) is 11.5. The molecule has 0 radical (unpaired) electrons. The van der Waals surface area contributed by atoms with Gasteiger partial charge in [-0.15, -0.1) is 0 Å². The van der Waals surface area contributed by atoms with Gasteiger partial charge in [0.05, 0.1) is 6.61 Å². The molecule has 0 atom stereocenters. The van der Waals surface area contributed by atoms with Crippen molar-refractivity contribution in [2.24, 2.45) is 0 Å². The molecule has 0 bridgehead atoms. The van der Waals surface area contributed by atoms with Crippen molar-refractivity contribution in [2.75, 3.05) is 6.61 Å². The second-order valence-corrected chi connectivity index (χ2v) is 5.81. The van der Waals surface area contributed by atoms with Crippen LogP contribution in [-0.2, 0) is 4.74 Å². The molecule has 0 heterocycles. The molecule has 0 saturated carbocycles. The number of hydrogen-bond donors (Lipinski definition) is 0. The van der Waals surface area contributed by atoms with Crippen LogP contribution >= 0.6 is 0 Å². The van der Waals surface area contributed by atoms with Crippen molar-refractivity contribution >= 4 is 5.97 Å². The molecule has 0 unspecified atom stereocenters. The zero-order chi connectivity index (χ0) is 14.6. The van der Waals surface area contributed by atoms with E-state index in [4.69, 9.17) is 9.47 Å². The van der Waals surface area contributed by atoms with Crippen LogP contribution in [0.3, 0.4) is 0 Å². The molecule has 1 rings (SSSR count). The van der Waals surface area contributed by atoms with E-state index in [1.54, 1.807) is 6.07 Å². The Kier molecular flexibility index (Phi) is 4.98. The van der Waals surface area contributed by atoms with E-state index in [9.17, 15) is 4.79 Å². The van der Waals surface area contributed by atoms with E-state index in [-0.39, 0.29) is 5.97 Å². The van der Waals surface area contributed by atoms with Crippen LogP contribution in [0.15, 0.2) is 18.2 Å². The topological polar surface area (TPSA) is 35.5 Å². The van der Waals surface area contributed by atoms with Crippen LogP contribution < -0.4 is 4.74 Å². The van der Waals surface area contributed by atoms with Gasteiger partial charge in [0, 0.05) is 0 Å². The van der Waals surface area contributed by atoms with Crippen LogP contribution in [0.5, 0.6) is 5.75 Å². The third kappa shape index (κ3) is 4.27. The molecule has 0 aliphatic rings. The van der Waals surface area contributed by atoms with Crippen molar-refractivity contribution in [1.29, 1.82) is 0 Å². The van der Waals surface area contributed by atoms with Gasteiger partial charge in [0.1, 0.15) is 16.9 Å². The fourth-order valence-corrected chi connectivity index (χ4v) is 1.81. The Balaban J connectivity index is 3.19. The van der Waals surface area contributed by atoms with Gasteiger partial charge in [-0.05, 0) is 45.2 Å². The van der Waals surface area contributed by atoms with Gasteiger partial charge in [0.2, 0.25) is 0 Å². The summed E-state index contributed by atoms with van der Waals surface area (Å²) in [6, 6.07) is 5.62. The van der Waals surface area contributed by atoms with Crippen molar-refractivity contribution in [2.45, 2.75) is 53.1 Å². The minimum atomic E-state index is -0.506. The monoisotopic (exact) mass is 264 g/mol. The largest absolute Gasteiger partial charge is 0.493 e. The SMILES string of the molecule is CCOc1c(C(=O)OC(C)(C)C)cccc1C(C)C. The summed E-state index contributed by atoms with van der Waals surface area (Å²) in [5, 5.41) is 0. The van der Waals surface area contributed by atoms with Gasteiger partial charge in [-0.1, -0.05) is 26.0 Å². The first kappa shape index (κ1) is 15.5. The van der Waals surface area contributed by atoms with E-state index in [0.717, 1.165) is 5.56 Å². The van der Waals surface area contributed by atoms with E-state index >= 15 is 0 Å². The van der Waals surface area contributed by atoms with Gasteiger partial charge in [0.25, 0.3) is 0 Å². The van der Waals surface area contributed by atoms with Gasteiger partial charge < -0.3 is 9.47 Å². The quantitative estimate of drug-likeness (QED) is 0.766. The highest BCUT2D eigenvalue weighted by Crippen LogP contribution is 2.31. The first-order valence-electron chi connectivity index (χ1n) is 6.75. The number of benzene rings is 1. The number of esters is 1. The summed E-state index contributed by atoms with van der Waals surface area (Å²) in [4.78, 5) is 12.2. The molecule has 0 aliphatic carbocycles. The standard InChI is InChI=1S/C16H24O3/c1-7-18-14-12(11(2)3)9-8-10-13(14)15(17)19-16(4,5)6/h8-11H,7H2,1-6H3. The summed E-state index contributed by atoms with van der Waals surface area (Å²) in [6.07, 6.45) is 0. The summed E-state index contributed by atoms with van der Waals surface area (Å²) in [7, 11) is 0. The Morgan fingerprint density at radius 2 is 1.89 bits per heavy atom. The minimum Gasteiger partial charge on any atom is -0.493 e. The zero-order valence-corrected chi connectivity index (χ0v) is 12.7. The van der Waals surface area contributed by atoms with E-state index < -0.39 is 5.60 Å². The maximum absolute atomic E-state index is 12.2. The van der Waals surface area contributed by atoms with Gasteiger partial charge >= 0.3 is 5.97 Å². The second kappa shape index (κ2) is 6.09. The van der Waals surface area contributed by atoms with Crippen molar-refractivity contribution in [1.82, 2.24) is 0 Å². The molecule has 0 spiro atoms. The second-order valence-electron chi connectivity index (χ2n) is 5.81. The minimum absolute atomic E-state index is 0.295. The molecule has 0 N–H and O–H groups in total. The van der Waals surface area contributed by atoms with Crippen LogP contribution in [0, 0.1) is 0 Å². The molecule has 0 fully saturated rings. The van der Waals surface area contributed by atoms with Gasteiger partial charge in [-0.3, -0.25) is 0 Å². The third-order valence-corrected chi connectivity index (χ3v) is 2.57. The van der Waals surface area contributed by atoms with Crippen molar-refractivity contribution in [3.05, 3.63) is 29.3 Å². The summed E-state index contributed by atoms with van der Waals surface area (Å²) >= 11 is 0. The predicted molar refractivity (Wildman–Crippen MR) is 76.9 cm³/mol. The first-order chi connectivity index (χ1) is 8.76. The van der Waals surface area contributed by atoms with Crippen molar-refractivity contribution < 1.29 is 14.3 Å². The Morgan fingerprint density at radius 1 is 1.26 bits per heavy atom. The van der Waals surface area contributed by atoms with E-state index in [0.29, 0.717) is 23.8 Å². The number of carbonyl (C=O) groups excluding carboxylic acids is 1. The van der Waals surface area contributed by atoms with Crippen LogP contribution in [-0.4, -0.2) is 18.2 Å². The van der Waals surface area contributed by atoms with E-state index in [1.165, 1.54) is 0 Å². The lowest BCUT2D eigenvalue weighted by Gasteiger charge is -2.22. The molecule has 3 nitrogen and oxygen atoms in total. The molecular formula is C16H24O3.